The topological polar surface area (TPSA) is 91.7 Å². The molecule has 182 valence electrons. The third-order valence-corrected chi connectivity index (χ3v) is 10.3. The highest BCUT2D eigenvalue weighted by molar-refractivity contribution is 6.01. The van der Waals surface area contributed by atoms with Gasteiger partial charge in [-0.25, -0.2) is 4.39 Å². The van der Waals surface area contributed by atoms with Gasteiger partial charge in [-0.2, -0.15) is 0 Å². The summed E-state index contributed by atoms with van der Waals surface area (Å²) in [5.74, 6) is -1.35. The Labute approximate surface area is 195 Å². The predicted octanol–water partition coefficient (Wildman–Crippen LogP) is 4.82. The number of carboxylic acid groups (broad SMARTS) is 1. The van der Waals surface area contributed by atoms with Crippen molar-refractivity contribution in [1.82, 2.24) is 0 Å². The van der Waals surface area contributed by atoms with Crippen molar-refractivity contribution in [3.8, 4) is 0 Å². The molecule has 0 aromatic rings. The van der Waals surface area contributed by atoms with Gasteiger partial charge in [-0.1, -0.05) is 31.9 Å². The van der Waals surface area contributed by atoms with Crippen LogP contribution in [0.25, 0.3) is 0 Å². The van der Waals surface area contributed by atoms with Crippen LogP contribution >= 0.6 is 0 Å². The molecule has 4 aliphatic carbocycles. The minimum atomic E-state index is -1.89. The second-order valence-electron chi connectivity index (χ2n) is 11.5. The van der Waals surface area contributed by atoms with Crippen molar-refractivity contribution in [3.05, 3.63) is 23.8 Å². The van der Waals surface area contributed by atoms with Crippen molar-refractivity contribution < 1.29 is 29.0 Å². The lowest BCUT2D eigenvalue weighted by molar-refractivity contribution is -0.207. The first-order chi connectivity index (χ1) is 15.3. The first-order valence-corrected chi connectivity index (χ1v) is 12.4. The second kappa shape index (κ2) is 7.86. The summed E-state index contributed by atoms with van der Waals surface area (Å²) in [6, 6.07) is 0. The fourth-order valence-corrected chi connectivity index (χ4v) is 8.79. The highest BCUT2D eigenvalue weighted by atomic mass is 19.1. The summed E-state index contributed by atoms with van der Waals surface area (Å²) in [6.07, 6.45) is 7.21. The molecule has 33 heavy (non-hydrogen) atoms. The van der Waals surface area contributed by atoms with E-state index in [2.05, 4.69) is 13.8 Å². The maximum Gasteiger partial charge on any atom is 0.303 e. The van der Waals surface area contributed by atoms with E-state index in [0.717, 1.165) is 12.0 Å². The fraction of sp³-hybridized carbons (Fsp3) is 0.741. The number of ketones is 2. The third kappa shape index (κ3) is 3.08. The van der Waals surface area contributed by atoms with Crippen LogP contribution in [-0.2, 0) is 14.4 Å². The van der Waals surface area contributed by atoms with Crippen molar-refractivity contribution in [1.29, 1.82) is 0 Å². The molecular formula is C27H37FO5. The molecule has 4 rings (SSSR count). The summed E-state index contributed by atoms with van der Waals surface area (Å²) in [7, 11) is 0. The number of hydrogen-bond acceptors (Lipinski definition) is 4. The zero-order chi connectivity index (χ0) is 24.4. The Morgan fingerprint density at radius 3 is 2.55 bits per heavy atom. The summed E-state index contributed by atoms with van der Waals surface area (Å²) in [4.78, 5) is 36.3. The number of carbonyl (C=O) groups is 3. The van der Waals surface area contributed by atoms with Gasteiger partial charge in [0.25, 0.3) is 0 Å². The normalized spacial score (nSPS) is 46.2. The molecule has 0 heterocycles. The van der Waals surface area contributed by atoms with E-state index in [4.69, 9.17) is 5.11 Å². The average molecular weight is 461 g/mol. The Hall–Kier alpha value is -1.82. The number of aliphatic hydroxyl groups is 1. The first kappa shape index (κ1) is 24.3. The molecule has 0 aromatic heterocycles. The standard InChI is InChI=1S/C27H37FO5/c1-16-13-21-20-9-8-18-14-19(30)10-12-24(18,3)27(20,28)22(31)15-25(21,4)26(16,17(2)29)11-6-5-7-23(32)33/h10,12,14,16,20-22,31H,5-9,11,13,15H2,1-4H3,(H,32,33)/t16-,20-,21-,22-,24-,25-,26+,27-/m0/s1. The number of carbonyl (C=O) groups excluding carboxylic acids is 2. The maximum absolute atomic E-state index is 17.2. The highest BCUT2D eigenvalue weighted by Crippen LogP contribution is 2.74. The molecule has 0 spiro atoms. The molecular weight excluding hydrogens is 423 g/mol. The van der Waals surface area contributed by atoms with E-state index in [1.807, 2.05) is 6.92 Å². The van der Waals surface area contributed by atoms with Crippen molar-refractivity contribution in [2.45, 2.75) is 90.8 Å². The minimum absolute atomic E-state index is 0.0256. The number of alkyl halides is 1. The third-order valence-electron chi connectivity index (χ3n) is 10.3. The van der Waals surface area contributed by atoms with E-state index in [0.29, 0.717) is 32.1 Å². The Morgan fingerprint density at radius 1 is 1.21 bits per heavy atom. The summed E-state index contributed by atoms with van der Waals surface area (Å²) >= 11 is 0. The molecule has 3 fully saturated rings. The average Bonchev–Trinajstić information content (AvgIpc) is 2.94. The molecule has 0 aromatic carbocycles. The largest absolute Gasteiger partial charge is 0.481 e. The molecule has 0 bridgehead atoms. The number of aliphatic carboxylic acids is 1. The number of allylic oxidation sites excluding steroid dienone is 4. The number of carboxylic acids is 1. The minimum Gasteiger partial charge on any atom is -0.481 e. The van der Waals surface area contributed by atoms with Gasteiger partial charge in [-0.3, -0.25) is 14.4 Å². The Balaban J connectivity index is 1.74. The number of halogens is 1. The number of aliphatic hydroxyl groups excluding tert-OH is 1. The summed E-state index contributed by atoms with van der Waals surface area (Å²) in [5, 5.41) is 20.5. The Kier molecular flexibility index (Phi) is 5.79. The quantitative estimate of drug-likeness (QED) is 0.554. The lowest BCUT2D eigenvalue weighted by Gasteiger charge is -2.63. The summed E-state index contributed by atoms with van der Waals surface area (Å²) in [6.45, 7) is 7.56. The Morgan fingerprint density at radius 2 is 1.91 bits per heavy atom. The van der Waals surface area contributed by atoms with Crippen molar-refractivity contribution in [3.63, 3.8) is 0 Å². The molecule has 0 unspecified atom stereocenters. The van der Waals surface area contributed by atoms with Gasteiger partial charge >= 0.3 is 5.97 Å². The van der Waals surface area contributed by atoms with Gasteiger partial charge in [0.1, 0.15) is 5.78 Å². The van der Waals surface area contributed by atoms with Gasteiger partial charge in [0.15, 0.2) is 11.5 Å². The van der Waals surface area contributed by atoms with Crippen LogP contribution in [-0.4, -0.2) is 39.5 Å². The van der Waals surface area contributed by atoms with Crippen LogP contribution in [0.1, 0.15) is 79.1 Å². The smallest absolute Gasteiger partial charge is 0.303 e. The number of unbranched alkanes of at least 4 members (excludes halogenated alkanes) is 1. The summed E-state index contributed by atoms with van der Waals surface area (Å²) < 4.78 is 17.2. The van der Waals surface area contributed by atoms with Crippen molar-refractivity contribution in [2.75, 3.05) is 0 Å². The van der Waals surface area contributed by atoms with Crippen LogP contribution in [0, 0.1) is 34.0 Å². The van der Waals surface area contributed by atoms with Gasteiger partial charge < -0.3 is 10.2 Å². The van der Waals surface area contributed by atoms with E-state index >= 15 is 4.39 Å². The predicted molar refractivity (Wildman–Crippen MR) is 122 cm³/mol. The molecule has 2 N–H and O–H groups in total. The maximum atomic E-state index is 17.2. The van der Waals surface area contributed by atoms with E-state index in [1.54, 1.807) is 13.0 Å². The van der Waals surface area contributed by atoms with Gasteiger partial charge in [-0.05, 0) is 81.8 Å². The molecule has 8 atom stereocenters. The number of rotatable bonds is 6. The lowest BCUT2D eigenvalue weighted by atomic mass is 9.43. The molecule has 6 heteroatoms. The lowest BCUT2D eigenvalue weighted by Crippen LogP contribution is -2.68. The van der Waals surface area contributed by atoms with E-state index < -0.39 is 39.9 Å². The van der Waals surface area contributed by atoms with Gasteiger partial charge in [0, 0.05) is 23.2 Å². The van der Waals surface area contributed by atoms with E-state index in [1.165, 1.54) is 12.2 Å². The van der Waals surface area contributed by atoms with Crippen LogP contribution in [0.5, 0.6) is 0 Å². The fourth-order valence-electron chi connectivity index (χ4n) is 8.79. The van der Waals surface area contributed by atoms with Crippen molar-refractivity contribution >= 4 is 17.5 Å². The van der Waals surface area contributed by atoms with Crippen LogP contribution in [0.2, 0.25) is 0 Å². The number of hydrogen-bond donors (Lipinski definition) is 2. The van der Waals surface area contributed by atoms with Gasteiger partial charge in [0.2, 0.25) is 0 Å². The number of Topliss-reactive ketones (excluding diaryl/α,β-unsaturated/α-hetero) is 1. The highest BCUT2D eigenvalue weighted by Gasteiger charge is 2.74. The van der Waals surface area contributed by atoms with Gasteiger partial charge in [-0.15, -0.1) is 0 Å². The zero-order valence-corrected chi connectivity index (χ0v) is 20.2. The van der Waals surface area contributed by atoms with E-state index in [-0.39, 0.29) is 36.2 Å². The van der Waals surface area contributed by atoms with Crippen LogP contribution < -0.4 is 0 Å². The molecule has 0 aliphatic heterocycles. The second-order valence-corrected chi connectivity index (χ2v) is 11.5. The summed E-state index contributed by atoms with van der Waals surface area (Å²) in [5.41, 5.74) is -3.43. The molecule has 0 radical (unpaired) electrons. The van der Waals surface area contributed by atoms with Crippen molar-refractivity contribution in [2.24, 2.45) is 34.0 Å². The SMILES string of the molecule is CC(=O)[C@@]1(CCCCC(=O)O)[C@@H](C)C[C@H]2[C@@H]3CCC4=CC(=O)C=C[C@]4(C)[C@@]3(F)[C@@H](O)C[C@@]21C. The molecule has 0 saturated heterocycles. The van der Waals surface area contributed by atoms with E-state index in [9.17, 15) is 19.5 Å². The molecule has 0 amide bonds. The van der Waals surface area contributed by atoms with Gasteiger partial charge in [0.05, 0.1) is 6.10 Å². The number of fused-ring (bicyclic) bond motifs is 5. The molecule has 5 nitrogen and oxygen atoms in total. The van der Waals surface area contributed by atoms with Crippen LogP contribution in [0.15, 0.2) is 23.8 Å². The first-order valence-electron chi connectivity index (χ1n) is 12.4. The monoisotopic (exact) mass is 460 g/mol. The van der Waals surface area contributed by atoms with Crippen LogP contribution in [0.4, 0.5) is 4.39 Å². The molecule has 3 saturated carbocycles. The Bertz CT molecular complexity index is 939. The molecule has 4 aliphatic rings. The zero-order valence-electron chi connectivity index (χ0n) is 20.2. The van der Waals surface area contributed by atoms with Crippen LogP contribution in [0.3, 0.4) is 0 Å².